The number of aryl methyl sites for hydroxylation is 1. The zero-order valence-electron chi connectivity index (χ0n) is 13.6. The van der Waals surface area contributed by atoms with Crippen molar-refractivity contribution in [2.45, 2.75) is 23.5 Å². The first-order valence-electron chi connectivity index (χ1n) is 7.48. The van der Waals surface area contributed by atoms with Gasteiger partial charge in [0, 0.05) is 12.1 Å². The quantitative estimate of drug-likeness (QED) is 0.611. The van der Waals surface area contributed by atoms with Crippen LogP contribution in [-0.2, 0) is 37.0 Å². The maximum atomic E-state index is 12.4. The third kappa shape index (κ3) is 6.14. The lowest BCUT2D eigenvalue weighted by molar-refractivity contribution is -0.136. The van der Waals surface area contributed by atoms with E-state index in [2.05, 4.69) is 4.72 Å². The lowest BCUT2D eigenvalue weighted by Gasteiger charge is -2.09. The fourth-order valence-corrected chi connectivity index (χ4v) is 3.92. The molecule has 0 spiro atoms. The number of primary sulfonamides is 1. The van der Waals surface area contributed by atoms with Gasteiger partial charge in [-0.2, -0.15) is 0 Å². The number of aliphatic carboxylic acids is 1. The van der Waals surface area contributed by atoms with E-state index in [1.807, 2.05) is 0 Å². The third-order valence-corrected chi connectivity index (χ3v) is 5.57. The van der Waals surface area contributed by atoms with Crippen LogP contribution in [0.25, 0.3) is 0 Å². The van der Waals surface area contributed by atoms with Crippen LogP contribution in [0.2, 0.25) is 0 Å². The number of rotatable bonds is 8. The van der Waals surface area contributed by atoms with Gasteiger partial charge in [-0.3, -0.25) is 9.52 Å². The van der Waals surface area contributed by atoms with E-state index in [9.17, 15) is 21.6 Å². The normalized spacial score (nSPS) is 11.9. The predicted molar refractivity (Wildman–Crippen MR) is 96.5 cm³/mol. The predicted octanol–water partition coefficient (Wildman–Crippen LogP) is 1.29. The van der Waals surface area contributed by atoms with Gasteiger partial charge in [0.2, 0.25) is 10.0 Å². The van der Waals surface area contributed by atoms with Crippen LogP contribution in [0.15, 0.2) is 53.4 Å². The Hall–Kier alpha value is -2.43. The van der Waals surface area contributed by atoms with E-state index in [4.69, 9.17) is 10.2 Å². The molecule has 26 heavy (non-hydrogen) atoms. The first-order valence-corrected chi connectivity index (χ1v) is 10.7. The summed E-state index contributed by atoms with van der Waals surface area (Å²) in [5, 5.41) is 13.6. The summed E-state index contributed by atoms with van der Waals surface area (Å²) in [6, 6.07) is 11.7. The van der Waals surface area contributed by atoms with Gasteiger partial charge in [-0.05, 0) is 41.8 Å². The molecule has 10 heteroatoms. The molecule has 0 saturated carbocycles. The summed E-state index contributed by atoms with van der Waals surface area (Å²) in [7, 11) is -7.48. The number of anilines is 1. The smallest absolute Gasteiger partial charge is 0.303 e. The highest BCUT2D eigenvalue weighted by Gasteiger charge is 2.14. The minimum atomic E-state index is -3.82. The van der Waals surface area contributed by atoms with E-state index < -0.39 is 26.0 Å². The lowest BCUT2D eigenvalue weighted by atomic mass is 10.1. The standard InChI is InChI=1S/C16H18N2O6S2/c17-25(21,22)11-13-1-6-14(7-2-13)18-26(23,24)15-8-3-12(4-9-15)5-10-16(19)20/h1-4,6-9,18H,5,10-11H2,(H,19,20)(H2,17,21,22). The van der Waals surface area contributed by atoms with Crippen LogP contribution in [0.3, 0.4) is 0 Å². The van der Waals surface area contributed by atoms with Crippen LogP contribution in [0.5, 0.6) is 0 Å². The van der Waals surface area contributed by atoms with Gasteiger partial charge in [-0.25, -0.2) is 22.0 Å². The maximum Gasteiger partial charge on any atom is 0.303 e. The fourth-order valence-electron chi connectivity index (χ4n) is 2.20. The number of sulfonamides is 2. The summed E-state index contributed by atoms with van der Waals surface area (Å²) in [6.07, 6.45) is 0.282. The van der Waals surface area contributed by atoms with Gasteiger partial charge in [-0.1, -0.05) is 24.3 Å². The molecule has 2 aromatic carbocycles. The molecule has 2 aromatic rings. The van der Waals surface area contributed by atoms with Crippen molar-refractivity contribution in [2.75, 3.05) is 4.72 Å². The number of nitrogens with two attached hydrogens (primary N) is 1. The van der Waals surface area contributed by atoms with E-state index in [0.717, 1.165) is 5.56 Å². The van der Waals surface area contributed by atoms with Crippen LogP contribution in [0.4, 0.5) is 5.69 Å². The number of carboxylic acids is 1. The Labute approximate surface area is 151 Å². The van der Waals surface area contributed by atoms with Gasteiger partial charge in [-0.15, -0.1) is 0 Å². The van der Waals surface area contributed by atoms with Crippen molar-refractivity contribution in [2.24, 2.45) is 5.14 Å². The second kappa shape index (κ2) is 7.85. The van der Waals surface area contributed by atoms with Crippen molar-refractivity contribution in [3.63, 3.8) is 0 Å². The molecule has 4 N–H and O–H groups in total. The summed E-state index contributed by atoms with van der Waals surface area (Å²) >= 11 is 0. The highest BCUT2D eigenvalue weighted by atomic mass is 32.2. The molecule has 0 saturated heterocycles. The molecule has 0 unspecified atom stereocenters. The molecule has 2 rings (SSSR count). The second-order valence-corrected chi connectivity index (χ2v) is 8.94. The van der Waals surface area contributed by atoms with Gasteiger partial charge in [0.1, 0.15) is 0 Å². The van der Waals surface area contributed by atoms with Crippen molar-refractivity contribution in [1.29, 1.82) is 0 Å². The summed E-state index contributed by atoms with van der Waals surface area (Å²) in [6.45, 7) is 0. The molecule has 0 aliphatic carbocycles. The van der Waals surface area contributed by atoms with E-state index in [0.29, 0.717) is 12.0 Å². The molecule has 0 atom stereocenters. The Morgan fingerprint density at radius 1 is 0.923 bits per heavy atom. The number of hydrogen-bond donors (Lipinski definition) is 3. The topological polar surface area (TPSA) is 144 Å². The van der Waals surface area contributed by atoms with E-state index in [1.54, 1.807) is 12.1 Å². The average molecular weight is 398 g/mol. The molecule has 0 aliphatic heterocycles. The van der Waals surface area contributed by atoms with Crippen molar-refractivity contribution in [3.8, 4) is 0 Å². The van der Waals surface area contributed by atoms with E-state index in [-0.39, 0.29) is 22.8 Å². The number of nitrogens with one attached hydrogen (secondary N) is 1. The van der Waals surface area contributed by atoms with Crippen LogP contribution in [-0.4, -0.2) is 27.9 Å². The zero-order chi connectivity index (χ0) is 19.4. The SMILES string of the molecule is NS(=O)(=O)Cc1ccc(NS(=O)(=O)c2ccc(CCC(=O)O)cc2)cc1. The number of carboxylic acid groups (broad SMARTS) is 1. The van der Waals surface area contributed by atoms with Gasteiger partial charge in [0.25, 0.3) is 10.0 Å². The van der Waals surface area contributed by atoms with Gasteiger partial charge in [0.15, 0.2) is 0 Å². The first-order chi connectivity index (χ1) is 12.0. The van der Waals surface area contributed by atoms with Crippen LogP contribution >= 0.6 is 0 Å². The Kier molecular flexibility index (Phi) is 6.01. The highest BCUT2D eigenvalue weighted by Crippen LogP contribution is 2.18. The maximum absolute atomic E-state index is 12.4. The molecule has 0 aliphatic rings. The number of benzene rings is 2. The minimum Gasteiger partial charge on any atom is -0.481 e. The zero-order valence-corrected chi connectivity index (χ0v) is 15.3. The molecular weight excluding hydrogens is 380 g/mol. The van der Waals surface area contributed by atoms with E-state index >= 15 is 0 Å². The summed E-state index contributed by atoms with van der Waals surface area (Å²) in [4.78, 5) is 10.6. The third-order valence-electron chi connectivity index (χ3n) is 3.44. The molecule has 0 bridgehead atoms. The molecule has 0 heterocycles. The Bertz CT molecular complexity index is 982. The lowest BCUT2D eigenvalue weighted by Crippen LogP contribution is -2.15. The largest absolute Gasteiger partial charge is 0.481 e. The first kappa shape index (κ1) is 19.9. The van der Waals surface area contributed by atoms with Crippen LogP contribution < -0.4 is 9.86 Å². The molecule has 140 valence electrons. The van der Waals surface area contributed by atoms with Gasteiger partial charge in [0.05, 0.1) is 10.6 Å². The van der Waals surface area contributed by atoms with Crippen LogP contribution in [0.1, 0.15) is 17.5 Å². The van der Waals surface area contributed by atoms with Gasteiger partial charge >= 0.3 is 5.97 Å². The Morgan fingerprint density at radius 2 is 1.46 bits per heavy atom. The molecular formula is C16H18N2O6S2. The Balaban J connectivity index is 2.09. The van der Waals surface area contributed by atoms with Crippen molar-refractivity contribution >= 4 is 31.7 Å². The molecule has 8 nitrogen and oxygen atoms in total. The van der Waals surface area contributed by atoms with Crippen molar-refractivity contribution in [3.05, 3.63) is 59.7 Å². The molecule has 0 radical (unpaired) electrons. The minimum absolute atomic E-state index is 0.0325. The fraction of sp³-hybridized carbons (Fsp3) is 0.188. The average Bonchev–Trinajstić information content (AvgIpc) is 2.53. The summed E-state index contributed by atoms with van der Waals surface area (Å²) in [5.74, 6) is -1.26. The summed E-state index contributed by atoms with van der Waals surface area (Å²) < 4.78 is 49.2. The second-order valence-electron chi connectivity index (χ2n) is 5.65. The monoisotopic (exact) mass is 398 g/mol. The van der Waals surface area contributed by atoms with Crippen LogP contribution in [0, 0.1) is 0 Å². The Morgan fingerprint density at radius 3 is 1.96 bits per heavy atom. The number of carbonyl (C=O) groups is 1. The number of hydrogen-bond acceptors (Lipinski definition) is 5. The summed E-state index contributed by atoms with van der Waals surface area (Å²) in [5.41, 5.74) is 1.44. The van der Waals surface area contributed by atoms with Crippen molar-refractivity contribution < 1.29 is 26.7 Å². The highest BCUT2D eigenvalue weighted by molar-refractivity contribution is 7.92. The van der Waals surface area contributed by atoms with Gasteiger partial charge < -0.3 is 5.11 Å². The molecule has 0 fully saturated rings. The van der Waals surface area contributed by atoms with E-state index in [1.165, 1.54) is 36.4 Å². The molecule has 0 aromatic heterocycles. The molecule has 0 amide bonds. The van der Waals surface area contributed by atoms with Crippen molar-refractivity contribution in [1.82, 2.24) is 0 Å².